The summed E-state index contributed by atoms with van der Waals surface area (Å²) in [6, 6.07) is 10.1. The molecule has 2 rings (SSSR count). The van der Waals surface area contributed by atoms with Crippen LogP contribution in [0, 0.1) is 5.82 Å². The summed E-state index contributed by atoms with van der Waals surface area (Å²) in [7, 11) is 0. The lowest BCUT2D eigenvalue weighted by atomic mass is 10.2. The summed E-state index contributed by atoms with van der Waals surface area (Å²) in [5.41, 5.74) is 1.40. The quantitative estimate of drug-likeness (QED) is 0.815. The maximum Gasteiger partial charge on any atom is 0.123 e. The predicted octanol–water partition coefficient (Wildman–Crippen LogP) is 3.44. The van der Waals surface area contributed by atoms with E-state index in [1.165, 1.54) is 36.4 Å². The highest BCUT2D eigenvalue weighted by atomic mass is 19.1. The molecular weight excluding hydrogens is 235 g/mol. The fourth-order valence-corrected chi connectivity index (χ4v) is 1.38. The highest BCUT2D eigenvalue weighted by Crippen LogP contribution is 2.25. The number of aliphatic hydroxyl groups excluding tert-OH is 1. The molecule has 0 aliphatic rings. The van der Waals surface area contributed by atoms with Gasteiger partial charge in [-0.15, -0.1) is 0 Å². The van der Waals surface area contributed by atoms with E-state index in [1.54, 1.807) is 6.07 Å². The van der Waals surface area contributed by atoms with E-state index < -0.39 is 0 Å². The maximum absolute atomic E-state index is 12.7. The van der Waals surface area contributed by atoms with Crippen LogP contribution < -0.4 is 0 Å². The summed E-state index contributed by atoms with van der Waals surface area (Å²) in [5.74, 6) is -0.320. The number of aromatic hydroxyl groups is 1. The van der Waals surface area contributed by atoms with Gasteiger partial charge in [0.25, 0.3) is 0 Å². The summed E-state index contributed by atoms with van der Waals surface area (Å²) in [4.78, 5) is 0. The average Bonchev–Trinajstić information content (AvgIpc) is 2.39. The van der Waals surface area contributed by atoms with Crippen LogP contribution in [0.4, 0.5) is 15.8 Å². The highest BCUT2D eigenvalue weighted by molar-refractivity contribution is 5.47. The van der Waals surface area contributed by atoms with Gasteiger partial charge in [0.1, 0.15) is 11.6 Å². The summed E-state index contributed by atoms with van der Waals surface area (Å²) in [6.07, 6.45) is 0. The Balaban J connectivity index is 2.20. The van der Waals surface area contributed by atoms with Gasteiger partial charge in [0.05, 0.1) is 18.0 Å². The van der Waals surface area contributed by atoms with Crippen molar-refractivity contribution in [1.82, 2.24) is 0 Å². The molecule has 0 heterocycles. The monoisotopic (exact) mass is 246 g/mol. The van der Waals surface area contributed by atoms with E-state index in [4.69, 9.17) is 5.11 Å². The normalized spacial score (nSPS) is 11.0. The molecule has 0 atom stereocenters. The first-order valence-electron chi connectivity index (χ1n) is 5.29. The molecule has 0 aliphatic carbocycles. The lowest BCUT2D eigenvalue weighted by Crippen LogP contribution is -1.82. The second kappa shape index (κ2) is 5.37. The van der Waals surface area contributed by atoms with Crippen LogP contribution in [0.5, 0.6) is 5.75 Å². The molecule has 0 fully saturated rings. The Morgan fingerprint density at radius 1 is 0.944 bits per heavy atom. The second-order valence-electron chi connectivity index (χ2n) is 3.65. The number of phenols is 1. The van der Waals surface area contributed by atoms with Crippen LogP contribution >= 0.6 is 0 Å². The molecule has 0 spiro atoms. The Morgan fingerprint density at radius 3 is 2.22 bits per heavy atom. The summed E-state index contributed by atoms with van der Waals surface area (Å²) in [5, 5.41) is 26.2. The van der Waals surface area contributed by atoms with E-state index in [9.17, 15) is 9.50 Å². The Kier molecular flexibility index (Phi) is 3.64. The van der Waals surface area contributed by atoms with E-state index in [2.05, 4.69) is 10.2 Å². The van der Waals surface area contributed by atoms with Gasteiger partial charge >= 0.3 is 0 Å². The zero-order valence-electron chi connectivity index (χ0n) is 9.42. The van der Waals surface area contributed by atoms with Gasteiger partial charge < -0.3 is 10.2 Å². The Labute approximate surface area is 103 Å². The molecule has 0 unspecified atom stereocenters. The molecule has 0 saturated heterocycles. The van der Waals surface area contributed by atoms with Gasteiger partial charge in [0.15, 0.2) is 0 Å². The fourth-order valence-electron chi connectivity index (χ4n) is 1.38. The van der Waals surface area contributed by atoms with Crippen LogP contribution in [-0.4, -0.2) is 10.2 Å². The van der Waals surface area contributed by atoms with Crippen LogP contribution in [0.15, 0.2) is 52.7 Å². The summed E-state index contributed by atoms with van der Waals surface area (Å²) < 4.78 is 12.7. The van der Waals surface area contributed by atoms with Crippen molar-refractivity contribution in [3.63, 3.8) is 0 Å². The zero-order chi connectivity index (χ0) is 13.0. The van der Waals surface area contributed by atoms with Crippen LogP contribution in [0.25, 0.3) is 0 Å². The number of aliphatic hydroxyl groups is 1. The molecule has 18 heavy (non-hydrogen) atoms. The first-order chi connectivity index (χ1) is 8.69. The summed E-state index contributed by atoms with van der Waals surface area (Å²) >= 11 is 0. The molecule has 0 aliphatic heterocycles. The molecule has 0 amide bonds. The van der Waals surface area contributed by atoms with E-state index >= 15 is 0 Å². The van der Waals surface area contributed by atoms with Gasteiger partial charge in [-0.05, 0) is 42.5 Å². The largest absolute Gasteiger partial charge is 0.508 e. The van der Waals surface area contributed by atoms with Crippen molar-refractivity contribution < 1.29 is 14.6 Å². The zero-order valence-corrected chi connectivity index (χ0v) is 9.42. The topological polar surface area (TPSA) is 65.2 Å². The van der Waals surface area contributed by atoms with E-state index in [1.807, 2.05) is 0 Å². The molecule has 92 valence electrons. The van der Waals surface area contributed by atoms with Crippen molar-refractivity contribution in [1.29, 1.82) is 0 Å². The van der Waals surface area contributed by atoms with E-state index in [0.717, 1.165) is 0 Å². The molecule has 0 saturated carbocycles. The molecule has 0 aromatic heterocycles. The number of nitrogens with zero attached hydrogens (tertiary/aromatic N) is 2. The SMILES string of the molecule is OCc1cc(N=Nc2ccc(F)cc2)ccc1O. The highest BCUT2D eigenvalue weighted by Gasteiger charge is 2.00. The van der Waals surface area contributed by atoms with Crippen molar-refractivity contribution >= 4 is 11.4 Å². The lowest BCUT2D eigenvalue weighted by molar-refractivity contribution is 0.275. The third kappa shape index (κ3) is 2.89. The molecule has 5 heteroatoms. The second-order valence-corrected chi connectivity index (χ2v) is 3.65. The van der Waals surface area contributed by atoms with Crippen molar-refractivity contribution in [2.45, 2.75) is 6.61 Å². The summed E-state index contributed by atoms with van der Waals surface area (Å²) in [6.45, 7) is -0.272. The molecule has 2 aromatic carbocycles. The molecular formula is C13H11FN2O2. The number of azo groups is 1. The van der Waals surface area contributed by atoms with Gasteiger partial charge in [-0.25, -0.2) is 4.39 Å². The number of benzene rings is 2. The Hall–Kier alpha value is -2.27. The average molecular weight is 246 g/mol. The van der Waals surface area contributed by atoms with Crippen LogP contribution in [0.3, 0.4) is 0 Å². The van der Waals surface area contributed by atoms with Gasteiger partial charge in [-0.3, -0.25) is 0 Å². The lowest BCUT2D eigenvalue weighted by Gasteiger charge is -2.01. The molecule has 0 bridgehead atoms. The molecule has 4 nitrogen and oxygen atoms in total. The number of hydrogen-bond acceptors (Lipinski definition) is 4. The first kappa shape index (κ1) is 12.2. The molecule has 2 N–H and O–H groups in total. The van der Waals surface area contributed by atoms with Gasteiger partial charge in [0, 0.05) is 5.56 Å². The van der Waals surface area contributed by atoms with Crippen LogP contribution in [0.2, 0.25) is 0 Å². The predicted molar refractivity (Wildman–Crippen MR) is 64.6 cm³/mol. The minimum absolute atomic E-state index is 0.0123. The molecule has 2 aromatic rings. The van der Waals surface area contributed by atoms with Gasteiger partial charge in [-0.1, -0.05) is 0 Å². The van der Waals surface area contributed by atoms with Gasteiger partial charge in [-0.2, -0.15) is 10.2 Å². The minimum Gasteiger partial charge on any atom is -0.508 e. The van der Waals surface area contributed by atoms with Crippen molar-refractivity contribution in [3.05, 3.63) is 53.8 Å². The Morgan fingerprint density at radius 2 is 1.56 bits per heavy atom. The third-order valence-electron chi connectivity index (χ3n) is 2.34. The third-order valence-corrected chi connectivity index (χ3v) is 2.34. The van der Waals surface area contributed by atoms with Crippen LogP contribution in [-0.2, 0) is 6.61 Å². The van der Waals surface area contributed by atoms with Gasteiger partial charge in [0.2, 0.25) is 0 Å². The smallest absolute Gasteiger partial charge is 0.123 e. The van der Waals surface area contributed by atoms with Crippen molar-refractivity contribution in [2.75, 3.05) is 0 Å². The maximum atomic E-state index is 12.7. The van der Waals surface area contributed by atoms with Crippen LogP contribution in [0.1, 0.15) is 5.56 Å². The minimum atomic E-state index is -0.332. The van der Waals surface area contributed by atoms with E-state index in [0.29, 0.717) is 16.9 Å². The fraction of sp³-hybridized carbons (Fsp3) is 0.0769. The standard InChI is InChI=1S/C13H11FN2O2/c14-10-1-3-11(4-2-10)15-16-12-5-6-13(18)9(7-12)8-17/h1-7,17-18H,8H2. The number of hydrogen-bond donors (Lipinski definition) is 2. The number of halogens is 1. The van der Waals surface area contributed by atoms with Crippen molar-refractivity contribution in [3.8, 4) is 5.75 Å². The Bertz CT molecular complexity index is 568. The van der Waals surface area contributed by atoms with Crippen molar-refractivity contribution in [2.24, 2.45) is 10.2 Å². The first-order valence-corrected chi connectivity index (χ1v) is 5.29. The van der Waals surface area contributed by atoms with E-state index in [-0.39, 0.29) is 18.2 Å². The molecule has 0 radical (unpaired) electrons. The number of rotatable bonds is 3.